The van der Waals surface area contributed by atoms with E-state index in [0.717, 1.165) is 29.6 Å². The van der Waals surface area contributed by atoms with Gasteiger partial charge >= 0.3 is 0 Å². The fourth-order valence-electron chi connectivity index (χ4n) is 1.82. The number of hydrogen-bond acceptors (Lipinski definition) is 1. The summed E-state index contributed by atoms with van der Waals surface area (Å²) in [6.45, 7) is 3.92. The van der Waals surface area contributed by atoms with Gasteiger partial charge < -0.3 is 4.57 Å². The number of benzene rings is 1. The van der Waals surface area contributed by atoms with Crippen LogP contribution in [0.3, 0.4) is 0 Å². The maximum atomic E-state index is 12.4. The van der Waals surface area contributed by atoms with E-state index in [4.69, 9.17) is 0 Å². The zero-order valence-electron chi connectivity index (χ0n) is 7.57. The fourth-order valence-corrected chi connectivity index (χ4v) is 4.54. The average Bonchev–Trinajstić information content (AvgIpc) is 2.50. The van der Waals surface area contributed by atoms with Gasteiger partial charge in [0.2, 0.25) is 0 Å². The molecule has 0 radical (unpaired) electrons. The number of hydrogen-bond donors (Lipinski definition) is 0. The van der Waals surface area contributed by atoms with Gasteiger partial charge in [-0.1, -0.05) is 36.9 Å². The molecule has 0 aromatic heterocycles. The Morgan fingerprint density at radius 3 is 2.46 bits per heavy atom. The lowest BCUT2D eigenvalue weighted by atomic mass is 10.3. The Kier molecular flexibility index (Phi) is 2.13. The maximum Gasteiger partial charge on any atom is 0.138 e. The van der Waals surface area contributed by atoms with Crippen LogP contribution in [0.4, 0.5) is 0 Å². The molecule has 0 amide bonds. The predicted octanol–water partition coefficient (Wildman–Crippen LogP) is 2.98. The normalized spacial score (nSPS) is 27.8. The van der Waals surface area contributed by atoms with Crippen LogP contribution in [-0.4, -0.2) is 6.16 Å². The molecule has 1 aromatic carbocycles. The van der Waals surface area contributed by atoms with Crippen LogP contribution in [0.1, 0.15) is 12.8 Å². The number of rotatable bonds is 1. The third-order valence-electron chi connectivity index (χ3n) is 2.62. The Morgan fingerprint density at radius 1 is 1.23 bits per heavy atom. The Labute approximate surface area is 78.9 Å². The molecule has 1 saturated heterocycles. The van der Waals surface area contributed by atoms with Gasteiger partial charge in [-0.2, -0.15) is 0 Å². The minimum absolute atomic E-state index is 0.815. The third kappa shape index (κ3) is 1.38. The summed E-state index contributed by atoms with van der Waals surface area (Å²) in [5, 5.41) is 1.94. The smallest absolute Gasteiger partial charge is 0.138 e. The van der Waals surface area contributed by atoms with Crippen LogP contribution >= 0.6 is 7.14 Å². The van der Waals surface area contributed by atoms with E-state index in [2.05, 4.69) is 6.58 Å². The van der Waals surface area contributed by atoms with E-state index in [1.165, 1.54) is 0 Å². The van der Waals surface area contributed by atoms with Crippen LogP contribution in [0.2, 0.25) is 0 Å². The van der Waals surface area contributed by atoms with Gasteiger partial charge in [-0.3, -0.25) is 0 Å². The fraction of sp³-hybridized carbons (Fsp3) is 0.273. The molecule has 13 heavy (non-hydrogen) atoms. The minimum atomic E-state index is -2.21. The lowest BCUT2D eigenvalue weighted by molar-refractivity contribution is 0.587. The highest BCUT2D eigenvalue weighted by atomic mass is 31.2. The summed E-state index contributed by atoms with van der Waals surface area (Å²) in [6.07, 6.45) is 2.78. The zero-order valence-corrected chi connectivity index (χ0v) is 8.47. The summed E-state index contributed by atoms with van der Waals surface area (Å²) in [5.41, 5.74) is 0. The molecule has 1 nitrogen and oxygen atoms in total. The van der Waals surface area contributed by atoms with Gasteiger partial charge in [-0.05, 0) is 18.2 Å². The van der Waals surface area contributed by atoms with E-state index >= 15 is 0 Å². The van der Waals surface area contributed by atoms with Gasteiger partial charge in [0.1, 0.15) is 7.14 Å². The Bertz CT molecular complexity index is 367. The summed E-state index contributed by atoms with van der Waals surface area (Å²) in [5.74, 6) is 0. The van der Waals surface area contributed by atoms with Crippen LogP contribution in [0, 0.1) is 0 Å². The predicted molar refractivity (Wildman–Crippen MR) is 56.9 cm³/mol. The van der Waals surface area contributed by atoms with Crippen molar-refractivity contribution < 1.29 is 4.57 Å². The summed E-state index contributed by atoms with van der Waals surface area (Å²) in [7, 11) is -2.21. The Hall–Kier alpha value is -0.810. The zero-order chi connectivity index (χ0) is 9.31. The van der Waals surface area contributed by atoms with Crippen molar-refractivity contribution in [2.75, 3.05) is 6.16 Å². The Balaban J connectivity index is 2.46. The summed E-state index contributed by atoms with van der Waals surface area (Å²) in [4.78, 5) is 0. The van der Waals surface area contributed by atoms with Gasteiger partial charge in [-0.25, -0.2) is 0 Å². The first-order valence-electron chi connectivity index (χ1n) is 4.56. The van der Waals surface area contributed by atoms with Crippen molar-refractivity contribution >= 4 is 12.4 Å². The molecule has 68 valence electrons. The van der Waals surface area contributed by atoms with Crippen LogP contribution in [-0.2, 0) is 4.57 Å². The molecule has 0 aliphatic carbocycles. The molecule has 1 aliphatic rings. The summed E-state index contributed by atoms with van der Waals surface area (Å²) >= 11 is 0. The molecule has 1 fully saturated rings. The summed E-state index contributed by atoms with van der Waals surface area (Å²) < 4.78 is 12.4. The topological polar surface area (TPSA) is 17.1 Å². The summed E-state index contributed by atoms with van der Waals surface area (Å²) in [6, 6.07) is 9.75. The lowest BCUT2D eigenvalue weighted by Crippen LogP contribution is -2.03. The molecule has 1 unspecified atom stereocenters. The monoisotopic (exact) mass is 192 g/mol. The second kappa shape index (κ2) is 3.16. The highest BCUT2D eigenvalue weighted by Crippen LogP contribution is 2.58. The Morgan fingerprint density at radius 2 is 1.92 bits per heavy atom. The molecule has 0 bridgehead atoms. The minimum Gasteiger partial charge on any atom is -0.314 e. The number of allylic oxidation sites excluding steroid dienone is 1. The molecular weight excluding hydrogens is 179 g/mol. The van der Waals surface area contributed by atoms with E-state index in [1.807, 2.05) is 30.3 Å². The van der Waals surface area contributed by atoms with Crippen LogP contribution in [0.25, 0.3) is 0 Å². The SMILES string of the molecule is C=C1CCCP1(=O)c1ccccc1. The van der Waals surface area contributed by atoms with Crippen molar-refractivity contribution in [1.29, 1.82) is 0 Å². The molecule has 1 atom stereocenters. The lowest BCUT2D eigenvalue weighted by Gasteiger charge is -2.12. The van der Waals surface area contributed by atoms with E-state index < -0.39 is 7.14 Å². The second-order valence-electron chi connectivity index (χ2n) is 3.47. The highest BCUT2D eigenvalue weighted by Gasteiger charge is 2.32. The first-order valence-corrected chi connectivity index (χ1v) is 6.46. The molecule has 1 heterocycles. The quantitative estimate of drug-likeness (QED) is 0.625. The van der Waals surface area contributed by atoms with Gasteiger partial charge in [0, 0.05) is 11.5 Å². The molecular formula is C11H13OP. The third-order valence-corrected chi connectivity index (χ3v) is 5.95. The second-order valence-corrected chi connectivity index (χ2v) is 6.54. The van der Waals surface area contributed by atoms with Gasteiger partial charge in [0.25, 0.3) is 0 Å². The average molecular weight is 192 g/mol. The van der Waals surface area contributed by atoms with Crippen LogP contribution in [0.15, 0.2) is 42.2 Å². The maximum absolute atomic E-state index is 12.4. The molecule has 2 heteroatoms. The van der Waals surface area contributed by atoms with Crippen LogP contribution < -0.4 is 5.30 Å². The van der Waals surface area contributed by atoms with Gasteiger partial charge in [-0.15, -0.1) is 0 Å². The van der Waals surface area contributed by atoms with Crippen molar-refractivity contribution in [3.8, 4) is 0 Å². The van der Waals surface area contributed by atoms with Crippen molar-refractivity contribution in [2.24, 2.45) is 0 Å². The van der Waals surface area contributed by atoms with E-state index in [0.29, 0.717) is 0 Å². The van der Waals surface area contributed by atoms with Crippen LogP contribution in [0.5, 0.6) is 0 Å². The molecule has 1 aliphatic heterocycles. The molecule has 0 N–H and O–H groups in total. The van der Waals surface area contributed by atoms with E-state index in [9.17, 15) is 4.57 Å². The van der Waals surface area contributed by atoms with E-state index in [1.54, 1.807) is 0 Å². The standard InChI is InChI=1S/C11H13OP/c1-10-6-5-9-13(10,12)11-7-3-2-4-8-11/h2-4,7-8H,1,5-6,9H2. The molecule has 0 saturated carbocycles. The molecule has 1 aromatic rings. The van der Waals surface area contributed by atoms with Crippen molar-refractivity contribution in [3.05, 3.63) is 42.2 Å². The van der Waals surface area contributed by atoms with Gasteiger partial charge in [0.15, 0.2) is 0 Å². The first kappa shape index (κ1) is 8.77. The van der Waals surface area contributed by atoms with Crippen molar-refractivity contribution in [3.63, 3.8) is 0 Å². The largest absolute Gasteiger partial charge is 0.314 e. The van der Waals surface area contributed by atoms with E-state index in [-0.39, 0.29) is 0 Å². The first-order chi connectivity index (χ1) is 6.23. The van der Waals surface area contributed by atoms with Crippen molar-refractivity contribution in [1.82, 2.24) is 0 Å². The van der Waals surface area contributed by atoms with Crippen molar-refractivity contribution in [2.45, 2.75) is 12.8 Å². The molecule has 2 rings (SSSR count). The van der Waals surface area contributed by atoms with Gasteiger partial charge in [0.05, 0.1) is 0 Å². The molecule has 0 spiro atoms. The highest BCUT2D eigenvalue weighted by molar-refractivity contribution is 7.75.